The molecule has 0 radical (unpaired) electrons. The first-order valence-electron chi connectivity index (χ1n) is 3.18. The van der Waals surface area contributed by atoms with Gasteiger partial charge in [0.1, 0.15) is 11.9 Å². The van der Waals surface area contributed by atoms with Gasteiger partial charge in [0.25, 0.3) is 0 Å². The Morgan fingerprint density at radius 2 is 2.36 bits per heavy atom. The summed E-state index contributed by atoms with van der Waals surface area (Å²) in [7, 11) is 0. The fourth-order valence-electron chi connectivity index (χ4n) is 0.279. The minimum absolute atomic E-state index is 0.588. The van der Waals surface area contributed by atoms with E-state index in [4.69, 9.17) is 5.11 Å². The van der Waals surface area contributed by atoms with Crippen LogP contribution in [0.4, 0.5) is 0 Å². The van der Waals surface area contributed by atoms with Crippen molar-refractivity contribution >= 4 is 0 Å². The van der Waals surface area contributed by atoms with Crippen LogP contribution in [0.5, 0.6) is 0 Å². The second-order valence-corrected chi connectivity index (χ2v) is 1.97. The fraction of sp³-hybridized carbons (Fsp3) is 0.375. The zero-order valence-electron chi connectivity index (χ0n) is 6.61. The van der Waals surface area contributed by atoms with Gasteiger partial charge in [0.2, 0.25) is 0 Å². The molecule has 0 amide bonds. The number of aliphatic hydroxyl groups is 1. The van der Waals surface area contributed by atoms with E-state index in [0.29, 0.717) is 0 Å². The van der Waals surface area contributed by atoms with E-state index in [1.807, 2.05) is 6.92 Å². The molecule has 0 spiro atoms. The van der Waals surface area contributed by atoms with Gasteiger partial charge >= 0.3 is 0 Å². The molecule has 60 valence electrons. The van der Waals surface area contributed by atoms with Crippen molar-refractivity contribution in [3.8, 4) is 12.3 Å². The number of hydrogen-bond donors (Lipinski definition) is 1. The monoisotopic (exact) mass is 153 g/mol. The van der Waals surface area contributed by atoms with E-state index < -0.39 is 6.10 Å². The van der Waals surface area contributed by atoms with Crippen LogP contribution in [0.1, 0.15) is 12.7 Å². The Bertz CT molecular complexity index is 208. The summed E-state index contributed by atoms with van der Waals surface area (Å²) in [6.07, 6.45) is 5.70. The lowest BCUT2D eigenvalue weighted by Crippen LogP contribution is -1.90. The fourth-order valence-corrected chi connectivity index (χ4v) is 0.279. The predicted octanol–water partition coefficient (Wildman–Crippen LogP) is 0.983. The largest absolute Gasteiger partial charge is 0.381 e. The molecule has 0 aliphatic carbocycles. The van der Waals surface area contributed by atoms with Gasteiger partial charge in [0.05, 0.1) is 6.20 Å². The Balaban J connectivity index is 0.000000187. The first-order valence-corrected chi connectivity index (χ1v) is 3.18. The van der Waals surface area contributed by atoms with Crippen molar-refractivity contribution < 1.29 is 9.63 Å². The maximum absolute atomic E-state index is 8.12. The average molecular weight is 153 g/mol. The highest BCUT2D eigenvalue weighted by molar-refractivity contribution is 4.89. The minimum Gasteiger partial charge on any atom is -0.381 e. The number of aromatic nitrogens is 1. The SMILES string of the molecule is C#CC(C)O.Cc1ccno1. The summed E-state index contributed by atoms with van der Waals surface area (Å²) < 4.78 is 4.58. The predicted molar refractivity (Wildman–Crippen MR) is 41.8 cm³/mol. The van der Waals surface area contributed by atoms with Gasteiger partial charge in [0, 0.05) is 6.07 Å². The van der Waals surface area contributed by atoms with Gasteiger partial charge in [-0.15, -0.1) is 6.42 Å². The van der Waals surface area contributed by atoms with Crippen LogP contribution in [0.3, 0.4) is 0 Å². The number of hydrogen-bond acceptors (Lipinski definition) is 3. The second kappa shape index (κ2) is 5.51. The summed E-state index contributed by atoms with van der Waals surface area (Å²) in [5, 5.41) is 11.6. The second-order valence-electron chi connectivity index (χ2n) is 1.97. The Morgan fingerprint density at radius 3 is 2.45 bits per heavy atom. The molecule has 1 N–H and O–H groups in total. The van der Waals surface area contributed by atoms with Crippen LogP contribution in [0.25, 0.3) is 0 Å². The number of rotatable bonds is 0. The quantitative estimate of drug-likeness (QED) is 0.565. The molecule has 0 fully saturated rings. The van der Waals surface area contributed by atoms with Crippen molar-refractivity contribution in [2.45, 2.75) is 20.0 Å². The lowest BCUT2D eigenvalue weighted by atomic mass is 10.4. The Kier molecular flexibility index (Phi) is 4.87. The van der Waals surface area contributed by atoms with E-state index in [2.05, 4.69) is 22.0 Å². The van der Waals surface area contributed by atoms with Crippen molar-refractivity contribution in [3.63, 3.8) is 0 Å². The summed E-state index contributed by atoms with van der Waals surface area (Å²) in [5.74, 6) is 2.94. The van der Waals surface area contributed by atoms with Gasteiger partial charge in [0.15, 0.2) is 0 Å². The van der Waals surface area contributed by atoms with Gasteiger partial charge < -0.3 is 9.63 Å². The van der Waals surface area contributed by atoms with Crippen molar-refractivity contribution in [1.82, 2.24) is 5.16 Å². The molecule has 1 aromatic rings. The molecule has 1 rings (SSSR count). The van der Waals surface area contributed by atoms with E-state index in [0.717, 1.165) is 5.76 Å². The summed E-state index contributed by atoms with van der Waals surface area (Å²) in [5.41, 5.74) is 0. The molecule has 0 aliphatic heterocycles. The van der Waals surface area contributed by atoms with Crippen molar-refractivity contribution in [2.75, 3.05) is 0 Å². The molecule has 0 saturated carbocycles. The normalized spacial score (nSPS) is 10.7. The first kappa shape index (κ1) is 9.73. The summed E-state index contributed by atoms with van der Waals surface area (Å²) in [4.78, 5) is 0. The molecule has 0 aromatic carbocycles. The van der Waals surface area contributed by atoms with Crippen molar-refractivity contribution in [2.24, 2.45) is 0 Å². The van der Waals surface area contributed by atoms with Gasteiger partial charge in [-0.3, -0.25) is 0 Å². The van der Waals surface area contributed by atoms with E-state index in [9.17, 15) is 0 Å². The minimum atomic E-state index is -0.588. The zero-order valence-corrected chi connectivity index (χ0v) is 6.61. The van der Waals surface area contributed by atoms with Gasteiger partial charge in [-0.05, 0) is 13.8 Å². The molecule has 1 atom stereocenters. The molecule has 0 saturated heterocycles. The molecule has 11 heavy (non-hydrogen) atoms. The average Bonchev–Trinajstić information content (AvgIpc) is 2.41. The third-order valence-electron chi connectivity index (χ3n) is 0.808. The third-order valence-corrected chi connectivity index (χ3v) is 0.808. The van der Waals surface area contributed by atoms with Gasteiger partial charge in [-0.2, -0.15) is 0 Å². The number of terminal acetylenes is 1. The van der Waals surface area contributed by atoms with Crippen LogP contribution in [-0.2, 0) is 0 Å². The van der Waals surface area contributed by atoms with Crippen LogP contribution in [0.2, 0.25) is 0 Å². The van der Waals surface area contributed by atoms with Crippen LogP contribution < -0.4 is 0 Å². The molecule has 1 heterocycles. The summed E-state index contributed by atoms with van der Waals surface area (Å²) in [6, 6.07) is 1.81. The first-order chi connectivity index (χ1) is 5.16. The number of nitrogens with zero attached hydrogens (tertiary/aromatic N) is 1. The van der Waals surface area contributed by atoms with Gasteiger partial charge in [-0.25, -0.2) is 0 Å². The highest BCUT2D eigenvalue weighted by Crippen LogP contribution is 1.88. The molecule has 3 nitrogen and oxygen atoms in total. The molecule has 1 aromatic heterocycles. The Hall–Kier alpha value is -1.27. The van der Waals surface area contributed by atoms with E-state index in [1.165, 1.54) is 0 Å². The highest BCUT2D eigenvalue weighted by Gasteiger charge is 1.78. The Labute approximate surface area is 66.0 Å². The van der Waals surface area contributed by atoms with Crippen molar-refractivity contribution in [1.29, 1.82) is 0 Å². The van der Waals surface area contributed by atoms with E-state index >= 15 is 0 Å². The van der Waals surface area contributed by atoms with Gasteiger partial charge in [-0.1, -0.05) is 11.1 Å². The molecule has 0 aliphatic rings. The van der Waals surface area contributed by atoms with E-state index in [1.54, 1.807) is 19.2 Å². The van der Waals surface area contributed by atoms with E-state index in [-0.39, 0.29) is 0 Å². The number of aryl methyl sites for hydroxylation is 1. The molecule has 0 bridgehead atoms. The molecular weight excluding hydrogens is 142 g/mol. The molecule has 1 unspecified atom stereocenters. The lowest BCUT2D eigenvalue weighted by molar-refractivity contribution is 0.253. The Morgan fingerprint density at radius 1 is 1.82 bits per heavy atom. The maximum Gasteiger partial charge on any atom is 0.133 e. The van der Waals surface area contributed by atoms with Crippen LogP contribution in [-0.4, -0.2) is 16.4 Å². The standard InChI is InChI=1S/C4H5NO.C4H6O/c1-4-2-3-5-6-4;1-3-4(2)5/h2-3H,1H3;1,4-5H,2H3. The van der Waals surface area contributed by atoms with Crippen LogP contribution in [0, 0.1) is 19.3 Å². The molecular formula is C8H11NO2. The van der Waals surface area contributed by atoms with Crippen LogP contribution in [0.15, 0.2) is 16.8 Å². The zero-order chi connectivity index (χ0) is 8.69. The highest BCUT2D eigenvalue weighted by atomic mass is 16.5. The smallest absolute Gasteiger partial charge is 0.133 e. The summed E-state index contributed by atoms with van der Waals surface area (Å²) >= 11 is 0. The molecule has 3 heteroatoms. The lowest BCUT2D eigenvalue weighted by Gasteiger charge is -1.80. The number of aliphatic hydroxyl groups excluding tert-OH is 1. The van der Waals surface area contributed by atoms with Crippen LogP contribution >= 0.6 is 0 Å². The van der Waals surface area contributed by atoms with Crippen molar-refractivity contribution in [3.05, 3.63) is 18.0 Å². The maximum atomic E-state index is 8.12. The topological polar surface area (TPSA) is 46.3 Å². The third kappa shape index (κ3) is 6.62. The summed E-state index contributed by atoms with van der Waals surface area (Å²) in [6.45, 7) is 3.40.